The second-order valence-corrected chi connectivity index (χ2v) is 6.77. The zero-order chi connectivity index (χ0) is 17.7. The highest BCUT2D eigenvalue weighted by atomic mass is 16.6. The van der Waals surface area contributed by atoms with Crippen molar-refractivity contribution >= 4 is 11.9 Å². The van der Waals surface area contributed by atoms with Gasteiger partial charge in [0.05, 0.1) is 0 Å². The van der Waals surface area contributed by atoms with Crippen molar-refractivity contribution in [3.8, 4) is 0 Å². The molecule has 2 atom stereocenters. The first-order valence-electron chi connectivity index (χ1n) is 9.33. The van der Waals surface area contributed by atoms with E-state index in [0.29, 0.717) is 5.92 Å². The van der Waals surface area contributed by atoms with Crippen LogP contribution in [0.4, 0.5) is 0 Å². The molecule has 0 aromatic rings. The Morgan fingerprint density at radius 2 is 1.61 bits per heavy atom. The molecule has 0 rings (SSSR count). The average molecular weight is 328 g/mol. The van der Waals surface area contributed by atoms with Gasteiger partial charge < -0.3 is 9.84 Å². The fourth-order valence-electron chi connectivity index (χ4n) is 3.24. The van der Waals surface area contributed by atoms with Gasteiger partial charge in [0.15, 0.2) is 0 Å². The largest absolute Gasteiger partial charge is 0.481 e. The molecular weight excluding hydrogens is 292 g/mol. The highest BCUT2D eigenvalue weighted by molar-refractivity contribution is 5.90. The van der Waals surface area contributed by atoms with E-state index in [1.165, 1.54) is 25.7 Å². The number of carboxylic acids is 1. The molecule has 0 radical (unpaired) electrons. The predicted molar refractivity (Wildman–Crippen MR) is 93.4 cm³/mol. The maximum atomic E-state index is 11.9. The summed E-state index contributed by atoms with van der Waals surface area (Å²) in [5, 5.41) is 8.80. The second kappa shape index (κ2) is 12.4. The van der Waals surface area contributed by atoms with Crippen LogP contribution in [0.2, 0.25) is 0 Å². The van der Waals surface area contributed by atoms with Crippen LogP contribution in [0.1, 0.15) is 98.3 Å². The molecular formula is C19H36O4. The van der Waals surface area contributed by atoms with Gasteiger partial charge in [0.2, 0.25) is 0 Å². The van der Waals surface area contributed by atoms with E-state index in [1.807, 2.05) is 6.92 Å². The predicted octanol–water partition coefficient (Wildman–Crippen LogP) is 5.34. The molecule has 4 heteroatoms. The van der Waals surface area contributed by atoms with Gasteiger partial charge in [-0.3, -0.25) is 9.59 Å². The molecule has 0 fully saturated rings. The highest BCUT2D eigenvalue weighted by Gasteiger charge is 2.36. The summed E-state index contributed by atoms with van der Waals surface area (Å²) in [6.45, 7) is 8.48. The fourth-order valence-corrected chi connectivity index (χ4v) is 3.24. The van der Waals surface area contributed by atoms with Gasteiger partial charge in [-0.25, -0.2) is 0 Å². The van der Waals surface area contributed by atoms with Crippen LogP contribution in [0.5, 0.6) is 0 Å². The van der Waals surface area contributed by atoms with Crippen LogP contribution in [-0.4, -0.2) is 22.6 Å². The topological polar surface area (TPSA) is 63.6 Å². The van der Waals surface area contributed by atoms with Crippen molar-refractivity contribution in [2.45, 2.75) is 104 Å². The van der Waals surface area contributed by atoms with Gasteiger partial charge in [-0.2, -0.15) is 0 Å². The Morgan fingerprint density at radius 3 is 2.13 bits per heavy atom. The zero-order valence-electron chi connectivity index (χ0n) is 15.5. The minimum atomic E-state index is -1.12. The number of carboxylic acid groups (broad SMARTS) is 1. The normalized spacial score (nSPS) is 15.0. The number of carbonyl (C=O) groups excluding carboxylic acids is 1. The third kappa shape index (κ3) is 9.62. The summed E-state index contributed by atoms with van der Waals surface area (Å²) in [5.74, 6) is -1.43. The molecule has 1 N–H and O–H groups in total. The summed E-state index contributed by atoms with van der Waals surface area (Å²) in [6.07, 6.45) is 10.3. The summed E-state index contributed by atoms with van der Waals surface area (Å²) in [6, 6.07) is 0. The molecule has 0 aliphatic heterocycles. The van der Waals surface area contributed by atoms with Gasteiger partial charge in [-0.15, -0.1) is 0 Å². The maximum absolute atomic E-state index is 11.9. The monoisotopic (exact) mass is 328 g/mol. The third-order valence-corrected chi connectivity index (χ3v) is 4.68. The minimum Gasteiger partial charge on any atom is -0.481 e. The summed E-state index contributed by atoms with van der Waals surface area (Å²) in [5.41, 5.74) is -0.539. The number of esters is 1. The Labute approximate surface area is 142 Å². The lowest BCUT2D eigenvalue weighted by molar-refractivity contribution is -0.169. The molecule has 136 valence electrons. The van der Waals surface area contributed by atoms with Gasteiger partial charge >= 0.3 is 11.9 Å². The Hall–Kier alpha value is -1.06. The summed E-state index contributed by atoms with van der Waals surface area (Å²) < 4.78 is 5.69. The molecule has 0 bridgehead atoms. The first-order valence-corrected chi connectivity index (χ1v) is 9.33. The van der Waals surface area contributed by atoms with Crippen molar-refractivity contribution in [2.75, 3.05) is 0 Å². The number of hydrogen-bond acceptors (Lipinski definition) is 3. The van der Waals surface area contributed by atoms with E-state index >= 15 is 0 Å². The van der Waals surface area contributed by atoms with Gasteiger partial charge in [-0.05, 0) is 38.5 Å². The number of carbonyl (C=O) groups is 2. The maximum Gasteiger partial charge on any atom is 0.317 e. The Kier molecular flexibility index (Phi) is 11.8. The number of rotatable bonds is 14. The van der Waals surface area contributed by atoms with Crippen LogP contribution in [0.15, 0.2) is 0 Å². The highest BCUT2D eigenvalue weighted by Crippen LogP contribution is 2.34. The van der Waals surface area contributed by atoms with Crippen LogP contribution in [0.3, 0.4) is 0 Å². The molecule has 0 heterocycles. The van der Waals surface area contributed by atoms with E-state index in [0.717, 1.165) is 38.5 Å². The lowest BCUT2D eigenvalue weighted by Gasteiger charge is -2.37. The second-order valence-electron chi connectivity index (χ2n) is 6.77. The molecule has 0 saturated carbocycles. The van der Waals surface area contributed by atoms with Gasteiger partial charge in [0.25, 0.3) is 0 Å². The van der Waals surface area contributed by atoms with Crippen molar-refractivity contribution in [1.29, 1.82) is 0 Å². The summed E-state index contributed by atoms with van der Waals surface area (Å²) in [4.78, 5) is 22.6. The molecule has 2 unspecified atom stereocenters. The van der Waals surface area contributed by atoms with Gasteiger partial charge in [0, 0.05) is 0 Å². The van der Waals surface area contributed by atoms with Crippen molar-refractivity contribution in [2.24, 2.45) is 5.92 Å². The van der Waals surface area contributed by atoms with E-state index < -0.39 is 24.0 Å². The van der Waals surface area contributed by atoms with E-state index in [-0.39, 0.29) is 0 Å². The van der Waals surface area contributed by atoms with Crippen molar-refractivity contribution < 1.29 is 19.4 Å². The molecule has 23 heavy (non-hydrogen) atoms. The van der Waals surface area contributed by atoms with Gasteiger partial charge in [0.1, 0.15) is 12.0 Å². The SMILES string of the molecule is CCCCCCC(C)(OC(=O)CC(=O)O)C(CC)CCCCC. The molecule has 0 aliphatic rings. The Balaban J connectivity index is 4.84. The fraction of sp³-hybridized carbons (Fsp3) is 0.895. The first kappa shape index (κ1) is 21.9. The molecule has 0 amide bonds. The van der Waals surface area contributed by atoms with E-state index in [4.69, 9.17) is 9.84 Å². The molecule has 4 nitrogen and oxygen atoms in total. The van der Waals surface area contributed by atoms with Crippen LogP contribution in [0.25, 0.3) is 0 Å². The number of aliphatic carboxylic acids is 1. The van der Waals surface area contributed by atoms with Gasteiger partial charge in [-0.1, -0.05) is 59.3 Å². The lowest BCUT2D eigenvalue weighted by atomic mass is 9.79. The molecule has 0 aromatic heterocycles. The Morgan fingerprint density at radius 1 is 1.00 bits per heavy atom. The molecule has 0 spiro atoms. The Bertz CT molecular complexity index is 340. The lowest BCUT2D eigenvalue weighted by Crippen LogP contribution is -2.40. The van der Waals surface area contributed by atoms with Crippen molar-refractivity contribution in [3.05, 3.63) is 0 Å². The van der Waals surface area contributed by atoms with Crippen molar-refractivity contribution in [1.82, 2.24) is 0 Å². The molecule has 0 aromatic carbocycles. The van der Waals surface area contributed by atoms with Crippen LogP contribution in [-0.2, 0) is 14.3 Å². The van der Waals surface area contributed by atoms with Crippen molar-refractivity contribution in [3.63, 3.8) is 0 Å². The standard InChI is InChI=1S/C19H36O4/c1-5-8-10-12-14-19(4,23-18(22)15-17(20)21)16(7-3)13-11-9-6-2/h16H,5-15H2,1-4H3,(H,20,21). The average Bonchev–Trinajstić information content (AvgIpc) is 2.47. The van der Waals surface area contributed by atoms with Crippen LogP contribution < -0.4 is 0 Å². The summed E-state index contributed by atoms with van der Waals surface area (Å²) >= 11 is 0. The smallest absolute Gasteiger partial charge is 0.317 e. The summed E-state index contributed by atoms with van der Waals surface area (Å²) in [7, 11) is 0. The quantitative estimate of drug-likeness (QED) is 0.265. The van der Waals surface area contributed by atoms with E-state index in [9.17, 15) is 9.59 Å². The van der Waals surface area contributed by atoms with E-state index in [2.05, 4.69) is 20.8 Å². The first-order chi connectivity index (χ1) is 10.9. The molecule has 0 aliphatic carbocycles. The number of hydrogen-bond donors (Lipinski definition) is 1. The zero-order valence-corrected chi connectivity index (χ0v) is 15.5. The number of unbranched alkanes of at least 4 members (excludes halogenated alkanes) is 5. The van der Waals surface area contributed by atoms with Crippen LogP contribution in [0, 0.1) is 5.92 Å². The minimum absolute atomic E-state index is 0.299. The molecule has 0 saturated heterocycles. The third-order valence-electron chi connectivity index (χ3n) is 4.68. The van der Waals surface area contributed by atoms with Crippen LogP contribution >= 0.6 is 0 Å². The van der Waals surface area contributed by atoms with E-state index in [1.54, 1.807) is 0 Å². The number of ether oxygens (including phenoxy) is 1.